The Labute approximate surface area is 164 Å². The first kappa shape index (κ1) is 19.6. The number of aromatic nitrogens is 1. The number of hydrogen-bond donors (Lipinski definition) is 1. The SMILES string of the molecule is Cc1ccc(N(CC(=O)NCc2ccncc2)S(=O)(=O)c2ccccc2)cc1. The van der Waals surface area contributed by atoms with Crippen LogP contribution >= 0.6 is 0 Å². The quantitative estimate of drug-likeness (QED) is 0.667. The van der Waals surface area contributed by atoms with Gasteiger partial charge >= 0.3 is 0 Å². The van der Waals surface area contributed by atoms with Gasteiger partial charge < -0.3 is 5.32 Å². The molecule has 3 aromatic rings. The molecule has 0 atom stereocenters. The van der Waals surface area contributed by atoms with E-state index in [1.807, 2.05) is 19.1 Å². The fraction of sp³-hybridized carbons (Fsp3) is 0.143. The lowest BCUT2D eigenvalue weighted by Gasteiger charge is -2.24. The number of hydrogen-bond acceptors (Lipinski definition) is 4. The zero-order chi connectivity index (χ0) is 20.0. The average Bonchev–Trinajstić information content (AvgIpc) is 2.72. The molecule has 0 radical (unpaired) electrons. The molecule has 0 fully saturated rings. The molecule has 0 aliphatic rings. The Morgan fingerprint density at radius 2 is 1.61 bits per heavy atom. The van der Waals surface area contributed by atoms with Gasteiger partial charge in [0.25, 0.3) is 10.0 Å². The number of carbonyl (C=O) groups is 1. The van der Waals surface area contributed by atoms with Crippen LogP contribution in [0.5, 0.6) is 0 Å². The van der Waals surface area contributed by atoms with Gasteiger partial charge in [0.05, 0.1) is 10.6 Å². The van der Waals surface area contributed by atoms with E-state index in [9.17, 15) is 13.2 Å². The van der Waals surface area contributed by atoms with Crippen molar-refractivity contribution in [2.75, 3.05) is 10.8 Å². The Bertz CT molecular complexity index is 1020. The maximum Gasteiger partial charge on any atom is 0.264 e. The third kappa shape index (κ3) is 4.75. The van der Waals surface area contributed by atoms with Gasteiger partial charge in [0.15, 0.2) is 0 Å². The van der Waals surface area contributed by atoms with E-state index < -0.39 is 15.9 Å². The highest BCUT2D eigenvalue weighted by Gasteiger charge is 2.26. The van der Waals surface area contributed by atoms with Crippen molar-refractivity contribution in [2.24, 2.45) is 0 Å². The standard InChI is InChI=1S/C21H21N3O3S/c1-17-7-9-19(10-8-17)24(28(26,27)20-5-3-2-4-6-20)16-21(25)23-15-18-11-13-22-14-12-18/h2-14H,15-16H2,1H3,(H,23,25). The predicted octanol–water partition coefficient (Wildman–Crippen LogP) is 2.90. The molecule has 0 saturated heterocycles. The van der Waals surface area contributed by atoms with Crippen molar-refractivity contribution in [1.29, 1.82) is 0 Å². The van der Waals surface area contributed by atoms with Crippen molar-refractivity contribution in [2.45, 2.75) is 18.4 Å². The van der Waals surface area contributed by atoms with Crippen LogP contribution in [0.2, 0.25) is 0 Å². The number of nitrogens with one attached hydrogen (secondary N) is 1. The summed E-state index contributed by atoms with van der Waals surface area (Å²) in [5.41, 5.74) is 2.33. The minimum atomic E-state index is -3.88. The third-order valence-electron chi connectivity index (χ3n) is 4.18. The van der Waals surface area contributed by atoms with E-state index in [-0.39, 0.29) is 11.4 Å². The zero-order valence-corrected chi connectivity index (χ0v) is 16.3. The molecule has 0 bridgehead atoms. The first-order chi connectivity index (χ1) is 13.5. The first-order valence-electron chi connectivity index (χ1n) is 8.77. The molecule has 1 aromatic heterocycles. The van der Waals surface area contributed by atoms with E-state index in [0.29, 0.717) is 12.2 Å². The summed E-state index contributed by atoms with van der Waals surface area (Å²) in [5, 5.41) is 2.76. The number of aryl methyl sites for hydroxylation is 1. The normalized spacial score (nSPS) is 11.0. The highest BCUT2D eigenvalue weighted by molar-refractivity contribution is 7.92. The average molecular weight is 395 g/mol. The highest BCUT2D eigenvalue weighted by Crippen LogP contribution is 2.23. The number of nitrogens with zero attached hydrogens (tertiary/aromatic N) is 2. The van der Waals surface area contributed by atoms with Crippen LogP contribution < -0.4 is 9.62 Å². The number of sulfonamides is 1. The molecule has 1 amide bonds. The number of carbonyl (C=O) groups excluding carboxylic acids is 1. The Morgan fingerprint density at radius 1 is 0.964 bits per heavy atom. The zero-order valence-electron chi connectivity index (χ0n) is 15.4. The monoisotopic (exact) mass is 395 g/mol. The fourth-order valence-corrected chi connectivity index (χ4v) is 4.08. The molecule has 144 valence electrons. The largest absolute Gasteiger partial charge is 0.350 e. The lowest BCUT2D eigenvalue weighted by molar-refractivity contribution is -0.119. The molecule has 0 unspecified atom stereocenters. The number of benzene rings is 2. The summed E-state index contributed by atoms with van der Waals surface area (Å²) in [4.78, 5) is 16.6. The molecule has 2 aromatic carbocycles. The van der Waals surface area contributed by atoms with Crippen LogP contribution in [0, 0.1) is 6.92 Å². The van der Waals surface area contributed by atoms with Crippen molar-refractivity contribution >= 4 is 21.6 Å². The molecule has 28 heavy (non-hydrogen) atoms. The molecule has 0 saturated carbocycles. The summed E-state index contributed by atoms with van der Waals surface area (Å²) < 4.78 is 27.5. The topological polar surface area (TPSA) is 79.4 Å². The van der Waals surface area contributed by atoms with E-state index >= 15 is 0 Å². The van der Waals surface area contributed by atoms with E-state index in [1.54, 1.807) is 54.9 Å². The van der Waals surface area contributed by atoms with E-state index in [1.165, 1.54) is 12.1 Å². The van der Waals surface area contributed by atoms with E-state index in [2.05, 4.69) is 10.3 Å². The van der Waals surface area contributed by atoms with Gasteiger partial charge in [-0.25, -0.2) is 8.42 Å². The lowest BCUT2D eigenvalue weighted by Crippen LogP contribution is -2.40. The number of pyridine rings is 1. The van der Waals surface area contributed by atoms with Crippen LogP contribution in [0.4, 0.5) is 5.69 Å². The summed E-state index contributed by atoms with van der Waals surface area (Å²) in [6, 6.07) is 18.7. The van der Waals surface area contributed by atoms with Crippen molar-refractivity contribution in [3.63, 3.8) is 0 Å². The molecule has 6 nitrogen and oxygen atoms in total. The van der Waals surface area contributed by atoms with Crippen molar-refractivity contribution in [3.8, 4) is 0 Å². The molecule has 7 heteroatoms. The number of amides is 1. The summed E-state index contributed by atoms with van der Waals surface area (Å²) in [5.74, 6) is -0.392. The lowest BCUT2D eigenvalue weighted by atomic mass is 10.2. The summed E-state index contributed by atoms with van der Waals surface area (Å²) in [6.45, 7) is 1.90. The molecule has 3 rings (SSSR count). The van der Waals surface area contributed by atoms with Gasteiger partial charge in [-0.15, -0.1) is 0 Å². The molecular formula is C21H21N3O3S. The van der Waals surface area contributed by atoms with Crippen LogP contribution in [0.1, 0.15) is 11.1 Å². The molecule has 0 spiro atoms. The molecule has 0 aliphatic carbocycles. The Morgan fingerprint density at radius 3 is 2.25 bits per heavy atom. The van der Waals surface area contributed by atoms with Crippen LogP contribution in [-0.2, 0) is 21.4 Å². The van der Waals surface area contributed by atoms with Crippen LogP contribution in [-0.4, -0.2) is 25.9 Å². The Balaban J connectivity index is 1.84. The van der Waals surface area contributed by atoms with Gasteiger partial charge in [-0.1, -0.05) is 35.9 Å². The van der Waals surface area contributed by atoms with Gasteiger partial charge in [-0.05, 0) is 48.9 Å². The predicted molar refractivity (Wildman–Crippen MR) is 108 cm³/mol. The maximum absolute atomic E-state index is 13.2. The molecular weight excluding hydrogens is 374 g/mol. The Kier molecular flexibility index (Phi) is 6.06. The molecule has 1 N–H and O–H groups in total. The van der Waals surface area contributed by atoms with E-state index in [0.717, 1.165) is 15.4 Å². The summed E-state index contributed by atoms with van der Waals surface area (Å²) >= 11 is 0. The van der Waals surface area contributed by atoms with Crippen LogP contribution in [0.3, 0.4) is 0 Å². The smallest absolute Gasteiger partial charge is 0.264 e. The number of anilines is 1. The fourth-order valence-electron chi connectivity index (χ4n) is 2.63. The first-order valence-corrected chi connectivity index (χ1v) is 10.2. The second-order valence-electron chi connectivity index (χ2n) is 6.29. The molecule has 0 aliphatic heterocycles. The van der Waals surface area contributed by atoms with Gasteiger partial charge in [-0.3, -0.25) is 14.1 Å². The third-order valence-corrected chi connectivity index (χ3v) is 5.97. The van der Waals surface area contributed by atoms with Gasteiger partial charge in [0.1, 0.15) is 6.54 Å². The van der Waals surface area contributed by atoms with E-state index in [4.69, 9.17) is 0 Å². The van der Waals surface area contributed by atoms with Crippen molar-refractivity contribution in [1.82, 2.24) is 10.3 Å². The van der Waals surface area contributed by atoms with Gasteiger partial charge in [0.2, 0.25) is 5.91 Å². The maximum atomic E-state index is 13.2. The minimum absolute atomic E-state index is 0.137. The second kappa shape index (κ2) is 8.67. The van der Waals surface area contributed by atoms with Crippen molar-refractivity contribution < 1.29 is 13.2 Å². The summed E-state index contributed by atoms with van der Waals surface area (Å²) in [7, 11) is -3.88. The summed E-state index contributed by atoms with van der Waals surface area (Å²) in [6.07, 6.45) is 3.28. The highest BCUT2D eigenvalue weighted by atomic mass is 32.2. The minimum Gasteiger partial charge on any atom is -0.350 e. The Hall–Kier alpha value is -3.19. The number of rotatable bonds is 7. The van der Waals surface area contributed by atoms with Crippen LogP contribution in [0.15, 0.2) is 84.0 Å². The molecule has 1 heterocycles. The van der Waals surface area contributed by atoms with Gasteiger partial charge in [-0.2, -0.15) is 0 Å². The van der Waals surface area contributed by atoms with Crippen LogP contribution in [0.25, 0.3) is 0 Å². The van der Waals surface area contributed by atoms with Gasteiger partial charge in [0, 0.05) is 18.9 Å². The van der Waals surface area contributed by atoms with Crippen molar-refractivity contribution in [3.05, 3.63) is 90.3 Å². The second-order valence-corrected chi connectivity index (χ2v) is 8.15.